The monoisotopic (exact) mass is 285 g/mol. The van der Waals surface area contributed by atoms with Crippen LogP contribution >= 0.6 is 15.9 Å². The van der Waals surface area contributed by atoms with Gasteiger partial charge in [-0.05, 0) is 6.92 Å². The molecular weight excluding hydrogens is 279 g/mol. The third-order valence-electron chi connectivity index (χ3n) is 1.51. The Morgan fingerprint density at radius 3 is 2.60 bits per heavy atom. The van der Waals surface area contributed by atoms with Crippen molar-refractivity contribution >= 4 is 15.9 Å². The molecule has 1 heterocycles. The maximum Gasteiger partial charge on any atom is 0.573 e. The molecule has 15 heavy (non-hydrogen) atoms. The molecule has 1 rings (SSSR count). The van der Waals surface area contributed by atoms with Gasteiger partial charge in [0.25, 0.3) is 0 Å². The van der Waals surface area contributed by atoms with E-state index in [1.165, 1.54) is 6.92 Å². The maximum atomic E-state index is 11.9. The van der Waals surface area contributed by atoms with Gasteiger partial charge in [-0.3, -0.25) is 4.98 Å². The van der Waals surface area contributed by atoms with Crippen LogP contribution in [-0.4, -0.2) is 16.5 Å². The molecule has 1 aromatic rings. The third kappa shape index (κ3) is 3.26. The summed E-state index contributed by atoms with van der Waals surface area (Å²) in [5.74, 6) is -1.24. The number of aryl methyl sites for hydroxylation is 1. The van der Waals surface area contributed by atoms with Gasteiger partial charge in [-0.2, -0.15) is 0 Å². The molecule has 1 N–H and O–H groups in total. The molecular formula is C8H7BrF3NO2. The highest BCUT2D eigenvalue weighted by molar-refractivity contribution is 9.08. The Labute approximate surface area is 92.0 Å². The molecule has 0 aliphatic carbocycles. The van der Waals surface area contributed by atoms with Gasteiger partial charge in [0.05, 0.1) is 5.69 Å². The molecule has 0 bridgehead atoms. The summed E-state index contributed by atoms with van der Waals surface area (Å²) in [5, 5.41) is 9.51. The summed E-state index contributed by atoms with van der Waals surface area (Å²) in [5.41, 5.74) is 0.441. The van der Waals surface area contributed by atoms with Gasteiger partial charge in [-0.25, -0.2) is 0 Å². The lowest BCUT2D eigenvalue weighted by Gasteiger charge is -2.12. The van der Waals surface area contributed by atoms with Crippen molar-refractivity contribution in [3.63, 3.8) is 0 Å². The van der Waals surface area contributed by atoms with Crippen molar-refractivity contribution < 1.29 is 23.0 Å². The second kappa shape index (κ2) is 4.26. The lowest BCUT2D eigenvalue weighted by Crippen LogP contribution is -2.17. The van der Waals surface area contributed by atoms with Crippen molar-refractivity contribution in [2.75, 3.05) is 0 Å². The van der Waals surface area contributed by atoms with Gasteiger partial charge in [0.1, 0.15) is 0 Å². The standard InChI is InChI=1S/C8H7BrF3NO2/c1-4-2-6(15-8(10,11)12)7(14)5(3-9)13-4/h2,14H,3H2,1H3. The number of hydrogen-bond donors (Lipinski definition) is 1. The molecule has 0 atom stereocenters. The Morgan fingerprint density at radius 1 is 1.53 bits per heavy atom. The number of aromatic hydroxyl groups is 1. The normalized spacial score (nSPS) is 11.5. The largest absolute Gasteiger partial charge is 0.573 e. The lowest BCUT2D eigenvalue weighted by molar-refractivity contribution is -0.275. The van der Waals surface area contributed by atoms with Crippen LogP contribution in [0.1, 0.15) is 11.4 Å². The van der Waals surface area contributed by atoms with Gasteiger partial charge in [0.2, 0.25) is 0 Å². The smallest absolute Gasteiger partial charge is 0.503 e. The van der Waals surface area contributed by atoms with Crippen LogP contribution < -0.4 is 4.74 Å². The second-order valence-corrected chi connectivity index (χ2v) is 3.30. The van der Waals surface area contributed by atoms with Crippen LogP contribution in [0, 0.1) is 6.92 Å². The zero-order valence-corrected chi connectivity index (χ0v) is 9.18. The molecule has 0 aliphatic heterocycles. The van der Waals surface area contributed by atoms with Gasteiger partial charge in [0, 0.05) is 17.1 Å². The molecule has 7 heteroatoms. The summed E-state index contributed by atoms with van der Waals surface area (Å²) < 4.78 is 39.4. The predicted molar refractivity (Wildman–Crippen MR) is 50.0 cm³/mol. The zero-order chi connectivity index (χ0) is 11.6. The summed E-state index contributed by atoms with van der Waals surface area (Å²) in [7, 11) is 0. The highest BCUT2D eigenvalue weighted by Gasteiger charge is 2.33. The minimum atomic E-state index is -4.82. The van der Waals surface area contributed by atoms with Crippen molar-refractivity contribution in [3.8, 4) is 11.5 Å². The molecule has 84 valence electrons. The summed E-state index contributed by atoms with van der Waals surface area (Å²) >= 11 is 3.00. The summed E-state index contributed by atoms with van der Waals surface area (Å²) in [6.07, 6.45) is -4.82. The van der Waals surface area contributed by atoms with Crippen LogP contribution in [0.25, 0.3) is 0 Å². The Hall–Kier alpha value is -0.980. The molecule has 0 unspecified atom stereocenters. The molecule has 0 aromatic carbocycles. The van der Waals surface area contributed by atoms with E-state index >= 15 is 0 Å². The average molecular weight is 286 g/mol. The number of ether oxygens (including phenoxy) is 1. The Balaban J connectivity index is 3.12. The summed E-state index contributed by atoms with van der Waals surface area (Å²) in [4.78, 5) is 3.84. The second-order valence-electron chi connectivity index (χ2n) is 2.74. The highest BCUT2D eigenvalue weighted by atomic mass is 79.9. The van der Waals surface area contributed by atoms with Gasteiger partial charge in [-0.15, -0.1) is 13.2 Å². The van der Waals surface area contributed by atoms with Crippen LogP contribution in [0.5, 0.6) is 11.5 Å². The molecule has 3 nitrogen and oxygen atoms in total. The topological polar surface area (TPSA) is 42.4 Å². The van der Waals surface area contributed by atoms with Gasteiger partial charge < -0.3 is 9.84 Å². The molecule has 1 aromatic heterocycles. The number of aromatic nitrogens is 1. The van der Waals surface area contributed by atoms with Gasteiger partial charge in [0.15, 0.2) is 11.5 Å². The molecule has 0 amide bonds. The van der Waals surface area contributed by atoms with Crippen LogP contribution in [0.15, 0.2) is 6.07 Å². The molecule has 0 spiro atoms. The molecule has 0 saturated heterocycles. The van der Waals surface area contributed by atoms with E-state index in [2.05, 4.69) is 25.7 Å². The number of pyridine rings is 1. The van der Waals surface area contributed by atoms with E-state index < -0.39 is 17.9 Å². The van der Waals surface area contributed by atoms with E-state index in [1.807, 2.05) is 0 Å². The van der Waals surface area contributed by atoms with E-state index in [0.717, 1.165) is 6.07 Å². The minimum Gasteiger partial charge on any atom is -0.503 e. The molecule has 0 aliphatic rings. The first-order valence-corrected chi connectivity index (χ1v) is 4.97. The SMILES string of the molecule is Cc1cc(OC(F)(F)F)c(O)c(CBr)n1. The van der Waals surface area contributed by atoms with E-state index in [1.54, 1.807) is 0 Å². The van der Waals surface area contributed by atoms with E-state index in [-0.39, 0.29) is 11.0 Å². The first kappa shape index (κ1) is 12.1. The Morgan fingerprint density at radius 2 is 2.13 bits per heavy atom. The van der Waals surface area contributed by atoms with E-state index in [4.69, 9.17) is 0 Å². The van der Waals surface area contributed by atoms with Crippen LogP contribution in [0.4, 0.5) is 13.2 Å². The van der Waals surface area contributed by atoms with Crippen LogP contribution in [0.2, 0.25) is 0 Å². The van der Waals surface area contributed by atoms with Gasteiger partial charge in [-0.1, -0.05) is 15.9 Å². The number of rotatable bonds is 2. The molecule has 0 saturated carbocycles. The number of nitrogens with zero attached hydrogens (tertiary/aromatic N) is 1. The van der Waals surface area contributed by atoms with Crippen molar-refractivity contribution in [2.24, 2.45) is 0 Å². The molecule has 0 fully saturated rings. The minimum absolute atomic E-state index is 0.106. The lowest BCUT2D eigenvalue weighted by atomic mass is 10.3. The number of hydrogen-bond acceptors (Lipinski definition) is 3. The van der Waals surface area contributed by atoms with Crippen molar-refractivity contribution in [3.05, 3.63) is 17.5 Å². The van der Waals surface area contributed by atoms with Gasteiger partial charge >= 0.3 is 6.36 Å². The van der Waals surface area contributed by atoms with Crippen molar-refractivity contribution in [2.45, 2.75) is 18.6 Å². The van der Waals surface area contributed by atoms with Crippen molar-refractivity contribution in [1.82, 2.24) is 4.98 Å². The summed E-state index contributed by atoms with van der Waals surface area (Å²) in [6, 6.07) is 1.02. The fourth-order valence-electron chi connectivity index (χ4n) is 0.994. The quantitative estimate of drug-likeness (QED) is 0.850. The first-order valence-electron chi connectivity index (χ1n) is 3.84. The average Bonchev–Trinajstić information content (AvgIpc) is 2.08. The Bertz CT molecular complexity index is 368. The first-order chi connectivity index (χ1) is 6.83. The fourth-order valence-corrected chi connectivity index (χ4v) is 1.38. The Kier molecular flexibility index (Phi) is 3.43. The van der Waals surface area contributed by atoms with Crippen molar-refractivity contribution in [1.29, 1.82) is 0 Å². The zero-order valence-electron chi connectivity index (χ0n) is 7.60. The van der Waals surface area contributed by atoms with Crippen LogP contribution in [-0.2, 0) is 5.33 Å². The summed E-state index contributed by atoms with van der Waals surface area (Å²) in [6.45, 7) is 1.51. The third-order valence-corrected chi connectivity index (χ3v) is 2.04. The number of halogens is 4. The van der Waals surface area contributed by atoms with E-state index in [0.29, 0.717) is 5.69 Å². The highest BCUT2D eigenvalue weighted by Crippen LogP contribution is 2.34. The van der Waals surface area contributed by atoms with Crippen LogP contribution in [0.3, 0.4) is 0 Å². The fraction of sp³-hybridized carbons (Fsp3) is 0.375. The maximum absolute atomic E-state index is 11.9. The van der Waals surface area contributed by atoms with E-state index in [9.17, 15) is 18.3 Å². The predicted octanol–water partition coefficient (Wildman–Crippen LogP) is 2.89. The molecule has 0 radical (unpaired) electrons. The number of alkyl halides is 4.